The second-order valence-corrected chi connectivity index (χ2v) is 10.4. The Balaban J connectivity index is 1.49. The van der Waals surface area contributed by atoms with E-state index in [-0.39, 0.29) is 11.8 Å². The Labute approximate surface area is 208 Å². The minimum absolute atomic E-state index is 0.0750. The molecule has 188 valence electrons. The van der Waals surface area contributed by atoms with Crippen LogP contribution in [0.3, 0.4) is 0 Å². The number of hydrogen-bond acceptors (Lipinski definition) is 5. The van der Waals surface area contributed by atoms with Gasteiger partial charge in [0.1, 0.15) is 0 Å². The molecule has 0 aromatic heterocycles. The molecule has 0 spiro atoms. The summed E-state index contributed by atoms with van der Waals surface area (Å²) < 4.78 is 5.41. The summed E-state index contributed by atoms with van der Waals surface area (Å²) in [6, 6.07) is 14.2. The van der Waals surface area contributed by atoms with E-state index in [9.17, 15) is 9.59 Å². The molecule has 1 fully saturated rings. The number of amides is 2. The zero-order chi connectivity index (χ0) is 24.8. The third-order valence-electron chi connectivity index (χ3n) is 6.69. The molecule has 1 saturated heterocycles. The second kappa shape index (κ2) is 11.2. The number of carbonyl (C=O) groups excluding carboxylic acids is 2. The standard InChI is InChI=1S/C28H38N4O3/c1-28(2,3)27(34)30-23-9-10-25(32-14-11-21-7-4-5-8-22(21)20-32)24(19-23)26(33)29-12-6-13-31-15-17-35-18-16-31/h4-5,7-10,19H,6,11-18,20H2,1-3H3,(H,29,33)(H,30,34). The normalized spacial score (nSPS) is 16.5. The minimum Gasteiger partial charge on any atom is -0.379 e. The molecule has 35 heavy (non-hydrogen) atoms. The topological polar surface area (TPSA) is 73.9 Å². The van der Waals surface area contributed by atoms with Crippen LogP contribution in [0.2, 0.25) is 0 Å². The van der Waals surface area contributed by atoms with Crippen LogP contribution < -0.4 is 15.5 Å². The second-order valence-electron chi connectivity index (χ2n) is 10.4. The Morgan fingerprint density at radius 1 is 1.00 bits per heavy atom. The number of hydrogen-bond donors (Lipinski definition) is 2. The molecule has 0 saturated carbocycles. The molecular formula is C28H38N4O3. The molecule has 2 N–H and O–H groups in total. The summed E-state index contributed by atoms with van der Waals surface area (Å²) in [5.41, 5.74) is 4.29. The summed E-state index contributed by atoms with van der Waals surface area (Å²) >= 11 is 0. The van der Waals surface area contributed by atoms with Gasteiger partial charge in [0, 0.05) is 49.5 Å². The van der Waals surface area contributed by atoms with Crippen LogP contribution in [0.1, 0.15) is 48.7 Å². The lowest BCUT2D eigenvalue weighted by molar-refractivity contribution is -0.123. The Bertz CT molecular complexity index is 1040. The summed E-state index contributed by atoms with van der Waals surface area (Å²) in [6.07, 6.45) is 1.83. The van der Waals surface area contributed by atoms with E-state index >= 15 is 0 Å². The molecule has 4 rings (SSSR count). The maximum absolute atomic E-state index is 13.4. The molecule has 0 bridgehead atoms. The summed E-state index contributed by atoms with van der Waals surface area (Å²) in [5.74, 6) is -0.179. The van der Waals surface area contributed by atoms with Gasteiger partial charge < -0.3 is 20.3 Å². The first-order valence-electron chi connectivity index (χ1n) is 12.7. The average molecular weight is 479 g/mol. The van der Waals surface area contributed by atoms with E-state index in [0.717, 1.165) is 64.5 Å². The van der Waals surface area contributed by atoms with Gasteiger partial charge in [0.15, 0.2) is 0 Å². The van der Waals surface area contributed by atoms with Crippen molar-refractivity contribution in [2.75, 3.05) is 56.2 Å². The van der Waals surface area contributed by atoms with Crippen molar-refractivity contribution in [2.24, 2.45) is 5.41 Å². The van der Waals surface area contributed by atoms with Gasteiger partial charge in [-0.25, -0.2) is 0 Å². The fourth-order valence-electron chi connectivity index (χ4n) is 4.52. The van der Waals surface area contributed by atoms with Crippen LogP contribution in [0.5, 0.6) is 0 Å². The van der Waals surface area contributed by atoms with Crippen molar-refractivity contribution < 1.29 is 14.3 Å². The fourth-order valence-corrected chi connectivity index (χ4v) is 4.52. The third-order valence-corrected chi connectivity index (χ3v) is 6.69. The van der Waals surface area contributed by atoms with Gasteiger partial charge in [-0.2, -0.15) is 0 Å². The highest BCUT2D eigenvalue weighted by molar-refractivity contribution is 6.02. The minimum atomic E-state index is -0.517. The van der Waals surface area contributed by atoms with E-state index in [1.807, 2.05) is 39.0 Å². The van der Waals surface area contributed by atoms with E-state index in [1.54, 1.807) is 0 Å². The van der Waals surface area contributed by atoms with Crippen molar-refractivity contribution in [2.45, 2.75) is 40.2 Å². The monoisotopic (exact) mass is 478 g/mol. The molecule has 2 aliphatic rings. The SMILES string of the molecule is CC(C)(C)C(=O)Nc1ccc(N2CCc3ccccc3C2)c(C(=O)NCCCN2CCOCC2)c1. The highest BCUT2D eigenvalue weighted by atomic mass is 16.5. The molecule has 0 aliphatic carbocycles. The van der Waals surface area contributed by atoms with Crippen LogP contribution >= 0.6 is 0 Å². The molecule has 0 atom stereocenters. The number of ether oxygens (including phenoxy) is 1. The van der Waals surface area contributed by atoms with Crippen LogP contribution in [-0.2, 0) is 22.5 Å². The van der Waals surface area contributed by atoms with Crippen molar-refractivity contribution in [3.05, 3.63) is 59.2 Å². The van der Waals surface area contributed by atoms with E-state index in [2.05, 4.69) is 44.7 Å². The van der Waals surface area contributed by atoms with Crippen LogP contribution in [-0.4, -0.2) is 62.7 Å². The van der Waals surface area contributed by atoms with Gasteiger partial charge in [-0.15, -0.1) is 0 Å². The molecule has 2 aromatic rings. The van der Waals surface area contributed by atoms with E-state index in [0.29, 0.717) is 17.8 Å². The lowest BCUT2D eigenvalue weighted by Crippen LogP contribution is -2.38. The zero-order valence-electron chi connectivity index (χ0n) is 21.2. The van der Waals surface area contributed by atoms with Gasteiger partial charge in [-0.3, -0.25) is 14.5 Å². The first-order valence-corrected chi connectivity index (χ1v) is 12.7. The summed E-state index contributed by atoms with van der Waals surface area (Å²) in [6.45, 7) is 12.3. The summed E-state index contributed by atoms with van der Waals surface area (Å²) in [7, 11) is 0. The lowest BCUT2D eigenvalue weighted by atomic mass is 9.95. The highest BCUT2D eigenvalue weighted by Crippen LogP contribution is 2.30. The van der Waals surface area contributed by atoms with Crippen molar-refractivity contribution >= 4 is 23.2 Å². The first-order chi connectivity index (χ1) is 16.8. The summed E-state index contributed by atoms with van der Waals surface area (Å²) in [5, 5.41) is 6.09. The number of rotatable bonds is 7. The number of fused-ring (bicyclic) bond motifs is 1. The van der Waals surface area contributed by atoms with Gasteiger partial charge >= 0.3 is 0 Å². The predicted octanol–water partition coefficient (Wildman–Crippen LogP) is 3.69. The number of nitrogens with zero attached hydrogens (tertiary/aromatic N) is 2. The smallest absolute Gasteiger partial charge is 0.253 e. The van der Waals surface area contributed by atoms with Gasteiger partial charge in [-0.05, 0) is 48.7 Å². The number of carbonyl (C=O) groups is 2. The molecule has 2 amide bonds. The fraction of sp³-hybridized carbons (Fsp3) is 0.500. The van der Waals surface area contributed by atoms with Crippen LogP contribution in [0.25, 0.3) is 0 Å². The van der Waals surface area contributed by atoms with E-state index in [4.69, 9.17) is 4.74 Å². The largest absolute Gasteiger partial charge is 0.379 e. The van der Waals surface area contributed by atoms with Crippen LogP contribution in [0.15, 0.2) is 42.5 Å². The zero-order valence-corrected chi connectivity index (χ0v) is 21.2. The van der Waals surface area contributed by atoms with Crippen molar-refractivity contribution in [3.8, 4) is 0 Å². The average Bonchev–Trinajstić information content (AvgIpc) is 2.86. The Morgan fingerprint density at radius 3 is 2.49 bits per heavy atom. The highest BCUT2D eigenvalue weighted by Gasteiger charge is 2.24. The van der Waals surface area contributed by atoms with Crippen molar-refractivity contribution in [1.82, 2.24) is 10.2 Å². The van der Waals surface area contributed by atoms with Gasteiger partial charge in [-0.1, -0.05) is 45.0 Å². The number of benzene rings is 2. The van der Waals surface area contributed by atoms with E-state index in [1.165, 1.54) is 11.1 Å². The van der Waals surface area contributed by atoms with Crippen LogP contribution in [0.4, 0.5) is 11.4 Å². The third kappa shape index (κ3) is 6.61. The summed E-state index contributed by atoms with van der Waals surface area (Å²) in [4.78, 5) is 30.6. The van der Waals surface area contributed by atoms with E-state index < -0.39 is 5.41 Å². The van der Waals surface area contributed by atoms with Crippen LogP contribution in [0, 0.1) is 5.41 Å². The number of anilines is 2. The first kappa shape index (κ1) is 25.2. The Kier molecular flexibility index (Phi) is 8.08. The molecule has 2 aliphatic heterocycles. The Morgan fingerprint density at radius 2 is 1.74 bits per heavy atom. The van der Waals surface area contributed by atoms with Gasteiger partial charge in [0.05, 0.1) is 18.8 Å². The van der Waals surface area contributed by atoms with Crippen molar-refractivity contribution in [1.29, 1.82) is 0 Å². The molecule has 7 heteroatoms. The molecule has 7 nitrogen and oxygen atoms in total. The van der Waals surface area contributed by atoms with Gasteiger partial charge in [0.25, 0.3) is 5.91 Å². The lowest BCUT2D eigenvalue weighted by Gasteiger charge is -2.32. The molecule has 0 unspecified atom stereocenters. The number of nitrogens with one attached hydrogen (secondary N) is 2. The van der Waals surface area contributed by atoms with Crippen molar-refractivity contribution in [3.63, 3.8) is 0 Å². The maximum Gasteiger partial charge on any atom is 0.253 e. The van der Waals surface area contributed by atoms with Gasteiger partial charge in [0.2, 0.25) is 5.91 Å². The molecule has 0 radical (unpaired) electrons. The number of morpholine rings is 1. The molecule has 2 heterocycles. The molecular weight excluding hydrogens is 440 g/mol. The quantitative estimate of drug-likeness (QED) is 0.594. The Hall–Kier alpha value is -2.90. The predicted molar refractivity (Wildman–Crippen MR) is 140 cm³/mol. The molecule has 2 aromatic carbocycles. The maximum atomic E-state index is 13.4.